The first-order chi connectivity index (χ1) is 12.1. The van der Waals surface area contributed by atoms with E-state index in [0.717, 1.165) is 5.56 Å². The second-order valence-electron chi connectivity index (χ2n) is 5.45. The fraction of sp³-hybridized carbons (Fsp3) is 0.167. The zero-order valence-corrected chi connectivity index (χ0v) is 14.4. The van der Waals surface area contributed by atoms with Crippen molar-refractivity contribution in [3.63, 3.8) is 0 Å². The summed E-state index contributed by atoms with van der Waals surface area (Å²) in [5.74, 6) is -0.273. The molecule has 2 amide bonds. The van der Waals surface area contributed by atoms with Gasteiger partial charge >= 0.3 is 0 Å². The fourth-order valence-electron chi connectivity index (χ4n) is 2.29. The van der Waals surface area contributed by atoms with Crippen LogP contribution in [0.25, 0.3) is 0 Å². The summed E-state index contributed by atoms with van der Waals surface area (Å²) in [4.78, 5) is 28.3. The molecule has 0 spiro atoms. The van der Waals surface area contributed by atoms with Crippen LogP contribution in [0.1, 0.15) is 34.8 Å². The number of nitrogens with one attached hydrogen (secondary N) is 2. The van der Waals surface area contributed by atoms with Gasteiger partial charge in [0.2, 0.25) is 5.91 Å². The number of carbonyl (C=O) groups is 2. The Morgan fingerprint density at radius 2 is 2.00 bits per heavy atom. The standard InChI is InChI=1S/C18H17N3O3S/c1-12(13-6-3-2-4-7-13)19-16(22)10-14-11-25-18(20-14)21-17(23)15-8-5-9-24-15/h2-9,11-12H,10H2,1H3,(H,19,22)(H,20,21,23)/t12-/m0/s1. The van der Waals surface area contributed by atoms with Crippen LogP contribution in [0.2, 0.25) is 0 Å². The van der Waals surface area contributed by atoms with E-state index in [0.29, 0.717) is 10.8 Å². The third-order valence-electron chi connectivity index (χ3n) is 3.54. The van der Waals surface area contributed by atoms with Crippen molar-refractivity contribution < 1.29 is 14.0 Å². The molecule has 0 saturated heterocycles. The van der Waals surface area contributed by atoms with Crippen molar-refractivity contribution in [2.24, 2.45) is 0 Å². The highest BCUT2D eigenvalue weighted by Crippen LogP contribution is 2.18. The minimum Gasteiger partial charge on any atom is -0.459 e. The predicted octanol–water partition coefficient (Wildman–Crippen LogP) is 3.41. The highest BCUT2D eigenvalue weighted by molar-refractivity contribution is 7.14. The molecule has 0 saturated carbocycles. The lowest BCUT2D eigenvalue weighted by Crippen LogP contribution is -2.28. The number of carbonyl (C=O) groups excluding carboxylic acids is 2. The number of thiazole rings is 1. The Labute approximate surface area is 148 Å². The maximum atomic E-state index is 12.2. The third kappa shape index (κ3) is 4.54. The molecule has 0 unspecified atom stereocenters. The van der Waals surface area contributed by atoms with Gasteiger partial charge in [0, 0.05) is 5.38 Å². The van der Waals surface area contributed by atoms with Crippen LogP contribution in [0.15, 0.2) is 58.5 Å². The summed E-state index contributed by atoms with van der Waals surface area (Å²) in [6.45, 7) is 1.93. The van der Waals surface area contributed by atoms with Gasteiger partial charge in [-0.25, -0.2) is 4.98 Å². The Hall–Kier alpha value is -2.93. The molecule has 0 radical (unpaired) electrons. The first-order valence-electron chi connectivity index (χ1n) is 7.75. The van der Waals surface area contributed by atoms with Gasteiger partial charge in [-0.2, -0.15) is 0 Å². The molecular formula is C18H17N3O3S. The van der Waals surface area contributed by atoms with E-state index in [1.165, 1.54) is 17.6 Å². The van der Waals surface area contributed by atoms with Gasteiger partial charge in [-0.1, -0.05) is 30.3 Å². The van der Waals surface area contributed by atoms with Gasteiger partial charge in [-0.15, -0.1) is 11.3 Å². The zero-order valence-electron chi connectivity index (χ0n) is 13.6. The van der Waals surface area contributed by atoms with Crippen molar-refractivity contribution in [3.8, 4) is 0 Å². The summed E-state index contributed by atoms with van der Waals surface area (Å²) in [5, 5.41) is 7.77. The Morgan fingerprint density at radius 3 is 2.72 bits per heavy atom. The van der Waals surface area contributed by atoms with Crippen LogP contribution in [0.3, 0.4) is 0 Å². The fourth-order valence-corrected chi connectivity index (χ4v) is 3.00. The molecule has 3 aromatic rings. The average Bonchev–Trinajstić information content (AvgIpc) is 3.27. The summed E-state index contributed by atoms with van der Waals surface area (Å²) < 4.78 is 5.03. The van der Waals surface area contributed by atoms with E-state index in [4.69, 9.17) is 4.42 Å². The lowest BCUT2D eigenvalue weighted by molar-refractivity contribution is -0.121. The van der Waals surface area contributed by atoms with Gasteiger partial charge in [-0.05, 0) is 24.6 Å². The molecule has 2 aromatic heterocycles. The number of hydrogen-bond acceptors (Lipinski definition) is 5. The second-order valence-corrected chi connectivity index (χ2v) is 6.31. The molecular weight excluding hydrogens is 338 g/mol. The molecule has 1 aromatic carbocycles. The normalized spacial score (nSPS) is 11.7. The Kier molecular flexibility index (Phi) is 5.25. The van der Waals surface area contributed by atoms with E-state index in [1.54, 1.807) is 17.5 Å². The van der Waals surface area contributed by atoms with Crippen molar-refractivity contribution in [1.82, 2.24) is 10.3 Å². The van der Waals surface area contributed by atoms with Gasteiger partial charge in [0.1, 0.15) is 0 Å². The minimum atomic E-state index is -0.368. The molecule has 25 heavy (non-hydrogen) atoms. The largest absolute Gasteiger partial charge is 0.459 e. The summed E-state index contributed by atoms with van der Waals surface area (Å²) in [5.41, 5.74) is 1.65. The lowest BCUT2D eigenvalue weighted by atomic mass is 10.1. The molecule has 0 fully saturated rings. The van der Waals surface area contributed by atoms with Gasteiger partial charge in [-0.3, -0.25) is 14.9 Å². The number of nitrogens with zero attached hydrogens (tertiary/aromatic N) is 1. The molecule has 6 nitrogen and oxygen atoms in total. The number of anilines is 1. The van der Waals surface area contributed by atoms with Crippen LogP contribution in [-0.2, 0) is 11.2 Å². The number of aromatic nitrogens is 1. The number of hydrogen-bond donors (Lipinski definition) is 2. The quantitative estimate of drug-likeness (QED) is 0.710. The number of benzene rings is 1. The minimum absolute atomic E-state index is 0.0783. The van der Waals surface area contributed by atoms with Gasteiger partial charge in [0.05, 0.1) is 24.4 Å². The smallest absolute Gasteiger partial charge is 0.293 e. The van der Waals surface area contributed by atoms with Crippen LogP contribution in [0.5, 0.6) is 0 Å². The SMILES string of the molecule is C[C@H](NC(=O)Cc1csc(NC(=O)c2ccco2)n1)c1ccccc1. The highest BCUT2D eigenvalue weighted by Gasteiger charge is 2.14. The Bertz CT molecular complexity index is 844. The van der Waals surface area contributed by atoms with E-state index < -0.39 is 0 Å². The molecule has 1 atom stereocenters. The van der Waals surface area contributed by atoms with E-state index >= 15 is 0 Å². The third-order valence-corrected chi connectivity index (χ3v) is 4.34. The molecule has 0 bridgehead atoms. The molecule has 0 aliphatic carbocycles. The summed E-state index contributed by atoms with van der Waals surface area (Å²) in [6, 6.07) is 12.9. The molecule has 0 aliphatic heterocycles. The van der Waals surface area contributed by atoms with Crippen molar-refractivity contribution in [2.45, 2.75) is 19.4 Å². The van der Waals surface area contributed by atoms with Crippen molar-refractivity contribution >= 4 is 28.3 Å². The van der Waals surface area contributed by atoms with Crippen LogP contribution in [-0.4, -0.2) is 16.8 Å². The zero-order chi connectivity index (χ0) is 17.6. The van der Waals surface area contributed by atoms with Gasteiger partial charge in [0.15, 0.2) is 10.9 Å². The number of rotatable bonds is 6. The van der Waals surface area contributed by atoms with Crippen molar-refractivity contribution in [1.29, 1.82) is 0 Å². The van der Waals surface area contributed by atoms with E-state index in [-0.39, 0.29) is 30.0 Å². The lowest BCUT2D eigenvalue weighted by Gasteiger charge is -2.13. The monoisotopic (exact) mass is 355 g/mol. The van der Waals surface area contributed by atoms with Crippen LogP contribution in [0.4, 0.5) is 5.13 Å². The average molecular weight is 355 g/mol. The molecule has 2 N–H and O–H groups in total. The van der Waals surface area contributed by atoms with E-state index in [1.807, 2.05) is 37.3 Å². The molecule has 3 rings (SSSR count). The summed E-state index contributed by atoms with van der Waals surface area (Å²) >= 11 is 1.27. The molecule has 2 heterocycles. The molecule has 7 heteroatoms. The van der Waals surface area contributed by atoms with E-state index in [9.17, 15) is 9.59 Å². The van der Waals surface area contributed by atoms with Crippen LogP contribution >= 0.6 is 11.3 Å². The second kappa shape index (κ2) is 7.76. The van der Waals surface area contributed by atoms with Crippen molar-refractivity contribution in [2.75, 3.05) is 5.32 Å². The summed E-state index contributed by atoms with van der Waals surface area (Å²) in [6.07, 6.45) is 1.59. The Balaban J connectivity index is 1.54. The molecule has 128 valence electrons. The maximum Gasteiger partial charge on any atom is 0.293 e. The van der Waals surface area contributed by atoms with Gasteiger partial charge in [0.25, 0.3) is 5.91 Å². The number of amides is 2. The first kappa shape index (κ1) is 16.9. The highest BCUT2D eigenvalue weighted by atomic mass is 32.1. The molecule has 0 aliphatic rings. The topological polar surface area (TPSA) is 84.2 Å². The first-order valence-corrected chi connectivity index (χ1v) is 8.63. The van der Waals surface area contributed by atoms with Crippen LogP contribution in [0, 0.1) is 0 Å². The van der Waals surface area contributed by atoms with Gasteiger partial charge < -0.3 is 9.73 Å². The van der Waals surface area contributed by atoms with Crippen LogP contribution < -0.4 is 10.6 Å². The predicted molar refractivity (Wildman–Crippen MR) is 95.5 cm³/mol. The summed E-state index contributed by atoms with van der Waals surface area (Å²) in [7, 11) is 0. The van der Waals surface area contributed by atoms with Crippen molar-refractivity contribution in [3.05, 3.63) is 71.1 Å². The Morgan fingerprint density at radius 1 is 1.20 bits per heavy atom. The maximum absolute atomic E-state index is 12.2. The van der Waals surface area contributed by atoms with E-state index in [2.05, 4.69) is 15.6 Å². The number of furan rings is 1.